The maximum absolute atomic E-state index is 12.4. The van der Waals surface area contributed by atoms with Gasteiger partial charge in [-0.1, -0.05) is 29.8 Å². The number of hydrogen-bond acceptors (Lipinski definition) is 5. The summed E-state index contributed by atoms with van der Waals surface area (Å²) in [4.78, 5) is 49.6. The molecule has 1 heterocycles. The van der Waals surface area contributed by atoms with Gasteiger partial charge < -0.3 is 10.1 Å². The molecule has 132 valence electrons. The Morgan fingerprint density at radius 3 is 2.50 bits per heavy atom. The molecule has 0 saturated heterocycles. The lowest BCUT2D eigenvalue weighted by Gasteiger charge is -2.15. The van der Waals surface area contributed by atoms with E-state index in [4.69, 9.17) is 11.6 Å². The number of para-hydroxylation sites is 1. The first-order chi connectivity index (χ1) is 12.4. The van der Waals surface area contributed by atoms with Crippen molar-refractivity contribution in [2.45, 2.75) is 0 Å². The van der Waals surface area contributed by atoms with E-state index in [-0.39, 0.29) is 27.4 Å². The molecule has 2 aromatic rings. The highest BCUT2D eigenvalue weighted by molar-refractivity contribution is 6.37. The fraction of sp³-hybridized carbons (Fsp3) is 0.111. The minimum atomic E-state index is -0.632. The first-order valence-corrected chi connectivity index (χ1v) is 7.93. The number of methoxy groups -OCH3 is 1. The second kappa shape index (κ2) is 6.97. The predicted molar refractivity (Wildman–Crippen MR) is 93.2 cm³/mol. The molecule has 0 aliphatic carbocycles. The predicted octanol–water partition coefficient (Wildman–Crippen LogP) is 2.36. The Kier molecular flexibility index (Phi) is 4.73. The zero-order chi connectivity index (χ0) is 18.8. The van der Waals surface area contributed by atoms with Crippen LogP contribution >= 0.6 is 11.6 Å². The molecule has 3 rings (SSSR count). The summed E-state index contributed by atoms with van der Waals surface area (Å²) in [7, 11) is 1.23. The summed E-state index contributed by atoms with van der Waals surface area (Å²) in [5.41, 5.74) is 0.625. The Morgan fingerprint density at radius 2 is 1.81 bits per heavy atom. The molecule has 7 nitrogen and oxygen atoms in total. The minimum Gasteiger partial charge on any atom is -0.465 e. The van der Waals surface area contributed by atoms with E-state index in [1.54, 1.807) is 18.2 Å². The van der Waals surface area contributed by atoms with E-state index >= 15 is 0 Å². The molecule has 0 spiro atoms. The first kappa shape index (κ1) is 17.6. The number of halogens is 1. The minimum absolute atomic E-state index is 0.0851. The standard InChI is InChI=1S/C18H13ClN2O5/c1-26-18(25)10-5-2-3-8-13(10)20-14(22)9-21-16(23)11-6-4-7-12(19)15(11)17(21)24/h2-8H,9H2,1H3,(H,20,22). The molecule has 8 heteroatoms. The Morgan fingerprint density at radius 1 is 1.08 bits per heavy atom. The maximum atomic E-state index is 12.4. The highest BCUT2D eigenvalue weighted by Gasteiger charge is 2.38. The lowest BCUT2D eigenvalue weighted by atomic mass is 10.1. The Bertz CT molecular complexity index is 941. The van der Waals surface area contributed by atoms with Gasteiger partial charge in [-0.15, -0.1) is 0 Å². The van der Waals surface area contributed by atoms with Gasteiger partial charge in [0.2, 0.25) is 5.91 Å². The van der Waals surface area contributed by atoms with E-state index in [1.165, 1.54) is 31.4 Å². The first-order valence-electron chi connectivity index (χ1n) is 7.56. The third-order valence-electron chi connectivity index (χ3n) is 3.86. The lowest BCUT2D eigenvalue weighted by Crippen LogP contribution is -2.37. The number of ether oxygens (including phenoxy) is 1. The number of carbonyl (C=O) groups is 4. The third-order valence-corrected chi connectivity index (χ3v) is 4.17. The van der Waals surface area contributed by atoms with Gasteiger partial charge in [0.1, 0.15) is 6.54 Å². The Hall–Kier alpha value is -3.19. The van der Waals surface area contributed by atoms with Gasteiger partial charge >= 0.3 is 5.97 Å². The van der Waals surface area contributed by atoms with Gasteiger partial charge in [0, 0.05) is 0 Å². The second-order valence-corrected chi connectivity index (χ2v) is 5.85. The molecule has 0 saturated carbocycles. The van der Waals surface area contributed by atoms with E-state index in [0.29, 0.717) is 0 Å². The van der Waals surface area contributed by atoms with Crippen LogP contribution in [0.2, 0.25) is 5.02 Å². The summed E-state index contributed by atoms with van der Waals surface area (Å²) in [6.07, 6.45) is 0. The van der Waals surface area contributed by atoms with Crippen molar-refractivity contribution >= 4 is 41.0 Å². The van der Waals surface area contributed by atoms with E-state index in [0.717, 1.165) is 4.90 Å². The number of fused-ring (bicyclic) bond motifs is 1. The van der Waals surface area contributed by atoms with Crippen LogP contribution in [0.4, 0.5) is 5.69 Å². The number of imide groups is 1. The van der Waals surface area contributed by atoms with Gasteiger partial charge in [0.25, 0.3) is 11.8 Å². The van der Waals surface area contributed by atoms with Gasteiger partial charge in [-0.3, -0.25) is 19.3 Å². The van der Waals surface area contributed by atoms with Crippen LogP contribution in [0.15, 0.2) is 42.5 Å². The van der Waals surface area contributed by atoms with Crippen LogP contribution in [0.1, 0.15) is 31.1 Å². The van der Waals surface area contributed by atoms with Crippen molar-refractivity contribution in [3.63, 3.8) is 0 Å². The number of benzene rings is 2. The normalized spacial score (nSPS) is 12.8. The van der Waals surface area contributed by atoms with Crippen LogP contribution in [0.3, 0.4) is 0 Å². The largest absolute Gasteiger partial charge is 0.465 e. The number of anilines is 1. The average molecular weight is 373 g/mol. The third kappa shape index (κ3) is 3.04. The molecule has 0 unspecified atom stereocenters. The number of nitrogens with one attached hydrogen (secondary N) is 1. The molecule has 0 fully saturated rings. The van der Waals surface area contributed by atoms with Crippen molar-refractivity contribution in [2.75, 3.05) is 19.0 Å². The van der Waals surface area contributed by atoms with Crippen molar-refractivity contribution in [3.8, 4) is 0 Å². The van der Waals surface area contributed by atoms with Crippen molar-refractivity contribution in [1.82, 2.24) is 4.90 Å². The SMILES string of the molecule is COC(=O)c1ccccc1NC(=O)CN1C(=O)c2cccc(Cl)c2C1=O. The van der Waals surface area contributed by atoms with Gasteiger partial charge in [0.05, 0.1) is 34.5 Å². The van der Waals surface area contributed by atoms with Gasteiger partial charge in [0.15, 0.2) is 0 Å². The van der Waals surface area contributed by atoms with Crippen LogP contribution < -0.4 is 5.32 Å². The van der Waals surface area contributed by atoms with Crippen molar-refractivity contribution in [1.29, 1.82) is 0 Å². The molecule has 3 amide bonds. The number of amides is 3. The molecule has 0 aromatic heterocycles. The van der Waals surface area contributed by atoms with Crippen molar-refractivity contribution < 1.29 is 23.9 Å². The van der Waals surface area contributed by atoms with E-state index in [2.05, 4.69) is 10.1 Å². The molecule has 1 N–H and O–H groups in total. The fourth-order valence-electron chi connectivity index (χ4n) is 2.65. The summed E-state index contributed by atoms with van der Waals surface area (Å²) < 4.78 is 4.66. The zero-order valence-corrected chi connectivity index (χ0v) is 14.4. The van der Waals surface area contributed by atoms with Crippen LogP contribution in [0.5, 0.6) is 0 Å². The lowest BCUT2D eigenvalue weighted by molar-refractivity contribution is -0.116. The summed E-state index contributed by atoms with van der Waals surface area (Å²) in [6.45, 7) is -0.502. The molecule has 1 aliphatic heterocycles. The molecule has 2 aromatic carbocycles. The molecular formula is C18H13ClN2O5. The maximum Gasteiger partial charge on any atom is 0.339 e. The van der Waals surface area contributed by atoms with Gasteiger partial charge in [-0.05, 0) is 24.3 Å². The number of rotatable bonds is 4. The summed E-state index contributed by atoms with van der Waals surface area (Å²) in [6, 6.07) is 10.8. The van der Waals surface area contributed by atoms with Crippen molar-refractivity contribution in [2.24, 2.45) is 0 Å². The average Bonchev–Trinajstić information content (AvgIpc) is 2.87. The Labute approximate surface area is 153 Å². The van der Waals surface area contributed by atoms with Crippen LogP contribution in [0.25, 0.3) is 0 Å². The van der Waals surface area contributed by atoms with Crippen LogP contribution in [-0.4, -0.2) is 42.2 Å². The smallest absolute Gasteiger partial charge is 0.339 e. The molecule has 26 heavy (non-hydrogen) atoms. The monoisotopic (exact) mass is 372 g/mol. The van der Waals surface area contributed by atoms with Gasteiger partial charge in [-0.25, -0.2) is 4.79 Å². The summed E-state index contributed by atoms with van der Waals surface area (Å²) in [5, 5.41) is 2.67. The van der Waals surface area contributed by atoms with Crippen LogP contribution in [0, 0.1) is 0 Å². The van der Waals surface area contributed by atoms with Crippen molar-refractivity contribution in [3.05, 3.63) is 64.2 Å². The number of carbonyl (C=O) groups excluding carboxylic acids is 4. The summed E-state index contributed by atoms with van der Waals surface area (Å²) in [5.74, 6) is -2.48. The Balaban J connectivity index is 1.79. The van der Waals surface area contributed by atoms with E-state index in [1.807, 2.05) is 0 Å². The van der Waals surface area contributed by atoms with E-state index < -0.39 is 30.2 Å². The highest BCUT2D eigenvalue weighted by Crippen LogP contribution is 2.29. The molecular weight excluding hydrogens is 360 g/mol. The number of nitrogens with zero attached hydrogens (tertiary/aromatic N) is 1. The van der Waals surface area contributed by atoms with Crippen LogP contribution in [-0.2, 0) is 9.53 Å². The topological polar surface area (TPSA) is 92.8 Å². The zero-order valence-electron chi connectivity index (χ0n) is 13.6. The second-order valence-electron chi connectivity index (χ2n) is 5.44. The number of esters is 1. The number of hydrogen-bond donors (Lipinski definition) is 1. The molecule has 0 radical (unpaired) electrons. The fourth-order valence-corrected chi connectivity index (χ4v) is 2.90. The van der Waals surface area contributed by atoms with Gasteiger partial charge in [-0.2, -0.15) is 0 Å². The highest BCUT2D eigenvalue weighted by atomic mass is 35.5. The quantitative estimate of drug-likeness (QED) is 0.657. The molecule has 0 bridgehead atoms. The molecule has 1 aliphatic rings. The molecule has 0 atom stereocenters. The summed E-state index contributed by atoms with van der Waals surface area (Å²) >= 11 is 5.98. The van der Waals surface area contributed by atoms with E-state index in [9.17, 15) is 19.2 Å².